The molecule has 0 atom stereocenters. The minimum absolute atomic E-state index is 0.183. The topological polar surface area (TPSA) is 94.8 Å². The van der Waals surface area contributed by atoms with E-state index >= 15 is 0 Å². The largest absolute Gasteiger partial charge is 0.471 e. The SMILES string of the molecule is Cc1cc(Cn2cc3c(NC(=O)Cc4cccnc4)nccc3n2)cnc1OCC(F)F. The normalized spacial score (nSPS) is 11.1. The maximum Gasteiger partial charge on any atom is 0.272 e. The van der Waals surface area contributed by atoms with E-state index in [0.29, 0.717) is 28.8 Å². The molecule has 0 aliphatic rings. The van der Waals surface area contributed by atoms with Crippen LogP contribution in [0.1, 0.15) is 16.7 Å². The Morgan fingerprint density at radius 1 is 1.19 bits per heavy atom. The molecule has 4 aromatic heterocycles. The maximum atomic E-state index is 12.4. The maximum absolute atomic E-state index is 12.4. The fourth-order valence-electron chi connectivity index (χ4n) is 3.23. The van der Waals surface area contributed by atoms with Gasteiger partial charge in [-0.25, -0.2) is 18.7 Å². The van der Waals surface area contributed by atoms with Crippen LogP contribution in [0.4, 0.5) is 14.6 Å². The van der Waals surface area contributed by atoms with Crippen LogP contribution >= 0.6 is 0 Å². The van der Waals surface area contributed by atoms with Crippen LogP contribution in [0.15, 0.2) is 55.2 Å². The van der Waals surface area contributed by atoms with Gasteiger partial charge in [0.15, 0.2) is 6.61 Å². The molecule has 0 saturated carbocycles. The van der Waals surface area contributed by atoms with E-state index in [9.17, 15) is 13.6 Å². The fourth-order valence-corrected chi connectivity index (χ4v) is 3.23. The molecule has 4 heterocycles. The molecule has 4 rings (SSSR count). The highest BCUT2D eigenvalue weighted by atomic mass is 19.3. The Morgan fingerprint density at radius 2 is 2.06 bits per heavy atom. The van der Waals surface area contributed by atoms with Crippen molar-refractivity contribution in [2.24, 2.45) is 0 Å². The second-order valence-electron chi connectivity index (χ2n) is 7.17. The highest BCUT2D eigenvalue weighted by Crippen LogP contribution is 2.22. The summed E-state index contributed by atoms with van der Waals surface area (Å²) in [6, 6.07) is 7.18. The lowest BCUT2D eigenvalue weighted by molar-refractivity contribution is -0.115. The Morgan fingerprint density at radius 3 is 2.81 bits per heavy atom. The molecule has 0 aliphatic carbocycles. The summed E-state index contributed by atoms with van der Waals surface area (Å²) in [5, 5.41) is 8.06. The number of carbonyl (C=O) groups excluding carboxylic acids is 1. The van der Waals surface area contributed by atoms with Crippen LogP contribution in [0, 0.1) is 6.92 Å². The number of ether oxygens (including phenoxy) is 1. The third-order valence-corrected chi connectivity index (χ3v) is 4.60. The monoisotopic (exact) mass is 438 g/mol. The minimum atomic E-state index is -2.56. The smallest absolute Gasteiger partial charge is 0.272 e. The van der Waals surface area contributed by atoms with Crippen LogP contribution in [-0.4, -0.2) is 43.7 Å². The molecule has 4 aromatic rings. The third kappa shape index (κ3) is 5.20. The lowest BCUT2D eigenvalue weighted by Gasteiger charge is -2.09. The lowest BCUT2D eigenvalue weighted by Crippen LogP contribution is -2.15. The van der Waals surface area contributed by atoms with Crippen molar-refractivity contribution in [1.82, 2.24) is 24.7 Å². The zero-order valence-electron chi connectivity index (χ0n) is 17.2. The van der Waals surface area contributed by atoms with Crippen LogP contribution in [0.2, 0.25) is 0 Å². The molecule has 0 fully saturated rings. The Labute approximate surface area is 182 Å². The van der Waals surface area contributed by atoms with Crippen LogP contribution < -0.4 is 10.1 Å². The third-order valence-electron chi connectivity index (χ3n) is 4.60. The molecule has 0 radical (unpaired) electrons. The van der Waals surface area contributed by atoms with Crippen LogP contribution in [0.3, 0.4) is 0 Å². The molecule has 0 saturated heterocycles. The number of nitrogens with one attached hydrogen (secondary N) is 1. The van der Waals surface area contributed by atoms with Gasteiger partial charge in [-0.05, 0) is 36.2 Å². The van der Waals surface area contributed by atoms with E-state index < -0.39 is 13.0 Å². The van der Waals surface area contributed by atoms with Gasteiger partial charge in [0.25, 0.3) is 6.43 Å². The zero-order chi connectivity index (χ0) is 22.5. The van der Waals surface area contributed by atoms with E-state index in [-0.39, 0.29) is 18.2 Å². The fraction of sp³-hybridized carbons (Fsp3) is 0.227. The van der Waals surface area contributed by atoms with E-state index in [2.05, 4.69) is 25.4 Å². The van der Waals surface area contributed by atoms with E-state index in [1.165, 1.54) is 0 Å². The van der Waals surface area contributed by atoms with Crippen LogP contribution in [-0.2, 0) is 17.8 Å². The van der Waals surface area contributed by atoms with Gasteiger partial charge < -0.3 is 10.1 Å². The van der Waals surface area contributed by atoms with Gasteiger partial charge in [0.05, 0.1) is 23.9 Å². The number of hydrogen-bond acceptors (Lipinski definition) is 6. The number of anilines is 1. The van der Waals surface area contributed by atoms with Crippen molar-refractivity contribution in [1.29, 1.82) is 0 Å². The molecular formula is C22H20F2N6O2. The van der Waals surface area contributed by atoms with E-state index in [0.717, 1.165) is 11.1 Å². The average Bonchev–Trinajstić information content (AvgIpc) is 3.17. The number of aromatic nitrogens is 5. The Balaban J connectivity index is 1.48. The summed E-state index contributed by atoms with van der Waals surface area (Å²) in [4.78, 5) is 24.8. The molecule has 10 heteroatoms. The van der Waals surface area contributed by atoms with Crippen molar-refractivity contribution in [3.63, 3.8) is 0 Å². The summed E-state index contributed by atoms with van der Waals surface area (Å²) in [7, 11) is 0. The van der Waals surface area contributed by atoms with Gasteiger partial charge in [-0.3, -0.25) is 14.5 Å². The van der Waals surface area contributed by atoms with Gasteiger partial charge in [-0.2, -0.15) is 5.10 Å². The molecule has 1 N–H and O–H groups in total. The minimum Gasteiger partial charge on any atom is -0.471 e. The summed E-state index contributed by atoms with van der Waals surface area (Å²) >= 11 is 0. The van der Waals surface area contributed by atoms with E-state index in [1.807, 2.05) is 12.1 Å². The number of halogens is 2. The number of pyridine rings is 3. The molecule has 0 unspecified atom stereocenters. The van der Waals surface area contributed by atoms with Crippen molar-refractivity contribution in [2.75, 3.05) is 11.9 Å². The number of fused-ring (bicyclic) bond motifs is 1. The number of aryl methyl sites for hydroxylation is 1. The predicted octanol–water partition coefficient (Wildman–Crippen LogP) is 3.40. The number of rotatable bonds is 8. The summed E-state index contributed by atoms with van der Waals surface area (Å²) in [6.07, 6.45) is 5.86. The highest BCUT2D eigenvalue weighted by Gasteiger charge is 2.12. The van der Waals surface area contributed by atoms with Gasteiger partial charge in [0.2, 0.25) is 11.8 Å². The summed E-state index contributed by atoms with van der Waals surface area (Å²) < 4.78 is 31.4. The molecule has 1 amide bonds. The summed E-state index contributed by atoms with van der Waals surface area (Å²) in [6.45, 7) is 1.46. The average molecular weight is 438 g/mol. The van der Waals surface area contributed by atoms with Gasteiger partial charge in [-0.1, -0.05) is 6.07 Å². The number of carbonyl (C=O) groups is 1. The second-order valence-corrected chi connectivity index (χ2v) is 7.17. The Kier molecular flexibility index (Phi) is 6.29. The quantitative estimate of drug-likeness (QED) is 0.453. The number of hydrogen-bond donors (Lipinski definition) is 1. The van der Waals surface area contributed by atoms with E-state index in [1.54, 1.807) is 54.7 Å². The molecule has 164 valence electrons. The molecule has 0 aromatic carbocycles. The van der Waals surface area contributed by atoms with Crippen molar-refractivity contribution in [3.8, 4) is 5.88 Å². The first kappa shape index (κ1) is 21.3. The highest BCUT2D eigenvalue weighted by molar-refractivity contribution is 5.99. The van der Waals surface area contributed by atoms with Gasteiger partial charge >= 0.3 is 0 Å². The molecule has 0 aliphatic heterocycles. The lowest BCUT2D eigenvalue weighted by atomic mass is 10.2. The van der Waals surface area contributed by atoms with Gasteiger partial charge in [-0.15, -0.1) is 0 Å². The summed E-state index contributed by atoms with van der Waals surface area (Å²) in [5.41, 5.74) is 2.97. The van der Waals surface area contributed by atoms with Crippen molar-refractivity contribution in [2.45, 2.75) is 26.3 Å². The van der Waals surface area contributed by atoms with Gasteiger partial charge in [0.1, 0.15) is 5.82 Å². The van der Waals surface area contributed by atoms with Crippen LogP contribution in [0.25, 0.3) is 10.9 Å². The Bertz CT molecular complexity index is 1230. The number of amides is 1. The Hall–Kier alpha value is -3.95. The van der Waals surface area contributed by atoms with Crippen LogP contribution in [0.5, 0.6) is 5.88 Å². The first-order valence-electron chi connectivity index (χ1n) is 9.85. The zero-order valence-corrected chi connectivity index (χ0v) is 17.2. The molecule has 0 spiro atoms. The van der Waals surface area contributed by atoms with Gasteiger partial charge in [0, 0.05) is 36.5 Å². The molecule has 32 heavy (non-hydrogen) atoms. The molecule has 0 bridgehead atoms. The van der Waals surface area contributed by atoms with E-state index in [4.69, 9.17) is 4.74 Å². The molecule has 8 nitrogen and oxygen atoms in total. The molecular weight excluding hydrogens is 418 g/mol. The second kappa shape index (κ2) is 9.46. The number of alkyl halides is 2. The summed E-state index contributed by atoms with van der Waals surface area (Å²) in [5.74, 6) is 0.403. The van der Waals surface area contributed by atoms with Crippen molar-refractivity contribution < 1.29 is 18.3 Å². The van der Waals surface area contributed by atoms with Crippen molar-refractivity contribution in [3.05, 3.63) is 71.9 Å². The predicted molar refractivity (Wildman–Crippen MR) is 114 cm³/mol. The first-order chi connectivity index (χ1) is 15.5. The number of nitrogens with zero attached hydrogens (tertiary/aromatic N) is 5. The first-order valence-corrected chi connectivity index (χ1v) is 9.85. The van der Waals surface area contributed by atoms with Crippen molar-refractivity contribution >= 4 is 22.6 Å². The standard InChI is InChI=1S/C22H20F2N6O2/c1-14-7-16(10-27-22(14)32-13-19(23)24)11-30-12-17-18(29-30)4-6-26-21(17)28-20(31)8-15-3-2-5-25-9-15/h2-7,9-10,12,19H,8,11,13H2,1H3,(H,26,28,31).